The van der Waals surface area contributed by atoms with Crippen molar-refractivity contribution in [2.45, 2.75) is 0 Å². The molecule has 0 saturated carbocycles. The molecule has 12 heavy (non-hydrogen) atoms. The first-order valence-corrected chi connectivity index (χ1v) is 3.43. The molecule has 0 atom stereocenters. The molecule has 3 heteroatoms. The summed E-state index contributed by atoms with van der Waals surface area (Å²) in [5.41, 5.74) is 1.24. The summed E-state index contributed by atoms with van der Waals surface area (Å²) in [6.07, 6.45) is 0. The molecule has 58 valence electrons. The van der Waals surface area contributed by atoms with Gasteiger partial charge in [0.2, 0.25) is 0 Å². The van der Waals surface area contributed by atoms with Gasteiger partial charge < -0.3 is 0 Å². The van der Waals surface area contributed by atoms with Crippen molar-refractivity contribution >= 4 is 11.8 Å². The van der Waals surface area contributed by atoms with Crippen molar-refractivity contribution in [1.29, 1.82) is 0 Å². The third-order valence-electron chi connectivity index (χ3n) is 1.76. The molecule has 2 radical (unpaired) electrons. The predicted molar refractivity (Wildman–Crippen MR) is 41.6 cm³/mol. The molecule has 1 heterocycles. The minimum Gasteiger partial charge on any atom is -0.288 e. The molecule has 1 aliphatic rings. The fraction of sp³-hybridized carbons (Fsp3) is 0. The Hall–Kier alpha value is -1.64. The van der Waals surface area contributed by atoms with Gasteiger partial charge in [0.25, 0.3) is 11.8 Å². The first kappa shape index (κ1) is 7.03. The van der Waals surface area contributed by atoms with E-state index in [0.29, 0.717) is 16.7 Å². The number of rotatable bonds is 0. The Bertz CT molecular complexity index is 382. The van der Waals surface area contributed by atoms with E-state index in [1.807, 2.05) is 0 Å². The SMILES string of the molecule is [CH]c1ccc2c(c1)C(=O)NC2=O. The number of hydrogen-bond acceptors (Lipinski definition) is 2. The maximum Gasteiger partial charge on any atom is 0.258 e. The zero-order valence-corrected chi connectivity index (χ0v) is 6.13. The highest BCUT2D eigenvalue weighted by Crippen LogP contribution is 2.16. The van der Waals surface area contributed by atoms with Crippen molar-refractivity contribution in [2.24, 2.45) is 0 Å². The molecule has 0 unspecified atom stereocenters. The highest BCUT2D eigenvalue weighted by atomic mass is 16.2. The molecule has 0 aromatic heterocycles. The summed E-state index contributed by atoms with van der Waals surface area (Å²) < 4.78 is 0. The molecule has 1 aromatic carbocycles. The smallest absolute Gasteiger partial charge is 0.258 e. The van der Waals surface area contributed by atoms with Crippen molar-refractivity contribution in [3.05, 3.63) is 41.8 Å². The molecule has 3 nitrogen and oxygen atoms in total. The summed E-state index contributed by atoms with van der Waals surface area (Å²) in [6, 6.07) is 4.64. The van der Waals surface area contributed by atoms with E-state index in [4.69, 9.17) is 6.92 Å². The van der Waals surface area contributed by atoms with Gasteiger partial charge in [-0.1, -0.05) is 6.07 Å². The van der Waals surface area contributed by atoms with Crippen molar-refractivity contribution in [3.8, 4) is 0 Å². The largest absolute Gasteiger partial charge is 0.288 e. The summed E-state index contributed by atoms with van der Waals surface area (Å²) in [6.45, 7) is 5.45. The van der Waals surface area contributed by atoms with Crippen LogP contribution in [0.4, 0.5) is 0 Å². The van der Waals surface area contributed by atoms with E-state index in [1.165, 1.54) is 6.07 Å². The minimum absolute atomic E-state index is 0.352. The van der Waals surface area contributed by atoms with Crippen molar-refractivity contribution in [2.75, 3.05) is 0 Å². The lowest BCUT2D eigenvalue weighted by Crippen LogP contribution is -2.19. The number of amides is 2. The van der Waals surface area contributed by atoms with Gasteiger partial charge in [-0.2, -0.15) is 0 Å². The average Bonchev–Trinajstić information content (AvgIpc) is 2.28. The lowest BCUT2D eigenvalue weighted by atomic mass is 10.1. The van der Waals surface area contributed by atoms with Crippen molar-refractivity contribution in [3.63, 3.8) is 0 Å². The molecule has 0 bridgehead atoms. The van der Waals surface area contributed by atoms with E-state index >= 15 is 0 Å². The molecule has 0 fully saturated rings. The van der Waals surface area contributed by atoms with Crippen LogP contribution in [0.1, 0.15) is 26.3 Å². The van der Waals surface area contributed by atoms with E-state index in [1.54, 1.807) is 12.1 Å². The Kier molecular flexibility index (Phi) is 1.27. The van der Waals surface area contributed by atoms with Crippen LogP contribution in [0.15, 0.2) is 18.2 Å². The summed E-state index contributed by atoms with van der Waals surface area (Å²) in [4.78, 5) is 22.1. The number of imide groups is 1. The highest BCUT2D eigenvalue weighted by molar-refractivity contribution is 6.21. The third kappa shape index (κ3) is 0.830. The van der Waals surface area contributed by atoms with Crippen LogP contribution in [0.5, 0.6) is 0 Å². The van der Waals surface area contributed by atoms with Crippen molar-refractivity contribution in [1.82, 2.24) is 5.32 Å². The van der Waals surface area contributed by atoms with Gasteiger partial charge in [-0.25, -0.2) is 0 Å². The second-order valence-corrected chi connectivity index (χ2v) is 2.59. The van der Waals surface area contributed by atoms with E-state index in [0.717, 1.165) is 0 Å². The van der Waals surface area contributed by atoms with E-state index in [2.05, 4.69) is 5.32 Å². The molecule has 0 spiro atoms. The Morgan fingerprint density at radius 3 is 2.50 bits per heavy atom. The molecule has 0 aliphatic carbocycles. The second kappa shape index (κ2) is 2.17. The molecule has 1 N–H and O–H groups in total. The highest BCUT2D eigenvalue weighted by Gasteiger charge is 2.25. The molecule has 1 aliphatic heterocycles. The minimum atomic E-state index is -0.373. The van der Waals surface area contributed by atoms with E-state index < -0.39 is 0 Å². The fourth-order valence-electron chi connectivity index (χ4n) is 1.19. The van der Waals surface area contributed by atoms with Gasteiger partial charge >= 0.3 is 0 Å². The van der Waals surface area contributed by atoms with Crippen LogP contribution in [0.25, 0.3) is 0 Å². The van der Waals surface area contributed by atoms with Crippen LogP contribution in [-0.4, -0.2) is 11.8 Å². The summed E-state index contributed by atoms with van der Waals surface area (Å²) in [5, 5.41) is 2.18. The molecule has 1 aromatic rings. The maximum atomic E-state index is 11.0. The lowest BCUT2D eigenvalue weighted by molar-refractivity contribution is 0.0879. The first-order valence-electron chi connectivity index (χ1n) is 3.43. The van der Waals surface area contributed by atoms with Crippen molar-refractivity contribution < 1.29 is 9.59 Å². The third-order valence-corrected chi connectivity index (χ3v) is 1.76. The number of hydrogen-bond donors (Lipinski definition) is 1. The predicted octanol–water partition coefficient (Wildman–Crippen LogP) is 0.629. The van der Waals surface area contributed by atoms with Crippen LogP contribution in [0.2, 0.25) is 0 Å². The van der Waals surface area contributed by atoms with Crippen LogP contribution < -0.4 is 5.32 Å². The molecular weight excluding hydrogens is 154 g/mol. The molecular formula is C9H5NO2. The lowest BCUT2D eigenvalue weighted by Gasteiger charge is -1.93. The van der Waals surface area contributed by atoms with Gasteiger partial charge in [-0.05, 0) is 24.6 Å². The van der Waals surface area contributed by atoms with E-state index in [-0.39, 0.29) is 11.8 Å². The van der Waals surface area contributed by atoms with Crippen LogP contribution >= 0.6 is 0 Å². The zero-order chi connectivity index (χ0) is 8.72. The summed E-state index contributed by atoms with van der Waals surface area (Å²) >= 11 is 0. The molecule has 2 amide bonds. The number of carbonyl (C=O) groups is 2. The Labute approximate surface area is 69.4 Å². The Morgan fingerprint density at radius 1 is 1.08 bits per heavy atom. The topological polar surface area (TPSA) is 46.2 Å². The second-order valence-electron chi connectivity index (χ2n) is 2.59. The van der Waals surface area contributed by atoms with Gasteiger partial charge in [0.1, 0.15) is 0 Å². The van der Waals surface area contributed by atoms with Crippen LogP contribution in [0.3, 0.4) is 0 Å². The number of fused-ring (bicyclic) bond motifs is 1. The number of benzene rings is 1. The molecule has 0 saturated heterocycles. The first-order chi connectivity index (χ1) is 5.68. The van der Waals surface area contributed by atoms with Gasteiger partial charge in [-0.3, -0.25) is 14.9 Å². The molecule has 2 rings (SSSR count). The monoisotopic (exact) mass is 159 g/mol. The maximum absolute atomic E-state index is 11.0. The quantitative estimate of drug-likeness (QED) is 0.564. The number of nitrogens with one attached hydrogen (secondary N) is 1. The average molecular weight is 159 g/mol. The number of carbonyl (C=O) groups excluding carboxylic acids is 2. The standard InChI is InChI=1S/C9H5NO2/c1-5-2-3-6-7(4-5)9(12)10-8(6)11/h1-4H,(H,10,11,12). The summed E-state index contributed by atoms with van der Waals surface area (Å²) in [7, 11) is 0. The van der Waals surface area contributed by atoms with Gasteiger partial charge in [0.15, 0.2) is 0 Å². The van der Waals surface area contributed by atoms with E-state index in [9.17, 15) is 9.59 Å². The Balaban J connectivity index is 2.68. The van der Waals surface area contributed by atoms with Crippen LogP contribution in [0, 0.1) is 6.92 Å². The van der Waals surface area contributed by atoms with Crippen LogP contribution in [-0.2, 0) is 0 Å². The fourth-order valence-corrected chi connectivity index (χ4v) is 1.19. The zero-order valence-electron chi connectivity index (χ0n) is 6.13. The normalized spacial score (nSPS) is 14.4. The Morgan fingerprint density at radius 2 is 1.75 bits per heavy atom. The summed E-state index contributed by atoms with van der Waals surface area (Å²) in [5.74, 6) is -0.725. The van der Waals surface area contributed by atoms with Gasteiger partial charge in [-0.15, -0.1) is 0 Å². The van der Waals surface area contributed by atoms with Gasteiger partial charge in [0.05, 0.1) is 11.1 Å². The van der Waals surface area contributed by atoms with Gasteiger partial charge in [0, 0.05) is 0 Å².